The number of aliphatic hydroxyl groups is 1. The van der Waals surface area contributed by atoms with Gasteiger partial charge >= 0.3 is 0 Å². The maximum absolute atomic E-state index is 13.3. The van der Waals surface area contributed by atoms with Crippen LogP contribution in [0.25, 0.3) is 0 Å². The van der Waals surface area contributed by atoms with Gasteiger partial charge in [0, 0.05) is 40.7 Å². The minimum absolute atomic E-state index is 0.0453. The molecular formula is C26H39NO6Si. The van der Waals surface area contributed by atoms with E-state index in [0.29, 0.717) is 5.56 Å². The van der Waals surface area contributed by atoms with Crippen LogP contribution < -0.4 is 14.8 Å². The minimum atomic E-state index is -2.29. The molecular weight excluding hydrogens is 450 g/mol. The lowest BCUT2D eigenvalue weighted by Crippen LogP contribution is -2.53. The fourth-order valence-corrected chi connectivity index (χ4v) is 4.97. The molecule has 7 nitrogen and oxygen atoms in total. The second-order valence-corrected chi connectivity index (χ2v) is 15.1. The molecule has 0 saturated heterocycles. The van der Waals surface area contributed by atoms with Gasteiger partial charge in [-0.2, -0.15) is 0 Å². The minimum Gasteiger partial charge on any atom is -0.720 e. The average molecular weight is 490 g/mol. The van der Waals surface area contributed by atoms with Gasteiger partial charge in [-0.3, -0.25) is 4.79 Å². The van der Waals surface area contributed by atoms with Gasteiger partial charge in [0.1, 0.15) is 0 Å². The zero-order valence-corrected chi connectivity index (χ0v) is 22.3. The van der Waals surface area contributed by atoms with Crippen molar-refractivity contribution in [3.63, 3.8) is 0 Å². The molecule has 0 aliphatic carbocycles. The first-order chi connectivity index (χ1) is 15.9. The maximum Gasteiger partial charge on any atom is 0.264 e. The van der Waals surface area contributed by atoms with Crippen molar-refractivity contribution in [1.29, 1.82) is 0 Å². The number of hydrogen-bond acceptors (Lipinski definition) is 6. The van der Waals surface area contributed by atoms with E-state index in [-0.39, 0.29) is 17.2 Å². The zero-order chi connectivity index (χ0) is 25.5. The van der Waals surface area contributed by atoms with E-state index in [1.807, 2.05) is 38.1 Å². The predicted octanol–water partition coefficient (Wildman–Crippen LogP) is 3.32. The fraction of sp³-hybridized carbons (Fsp3) is 0.538. The average Bonchev–Trinajstić information content (AvgIpc) is 2.81. The highest BCUT2D eigenvalue weighted by Gasteiger charge is 2.44. The van der Waals surface area contributed by atoms with Crippen LogP contribution in [0.1, 0.15) is 51.4 Å². The highest BCUT2D eigenvalue weighted by atomic mass is 28.4. The van der Waals surface area contributed by atoms with Crippen molar-refractivity contribution in [3.05, 3.63) is 66.5 Å². The molecule has 5 atom stereocenters. The number of ketones is 1. The molecule has 188 valence electrons. The quantitative estimate of drug-likeness (QED) is 0.123. The Kier molecular flexibility index (Phi) is 9.96. The number of aliphatic hydroxyl groups excluding tert-OH is 1. The molecule has 2 aromatic rings. The van der Waals surface area contributed by atoms with E-state index >= 15 is 0 Å². The van der Waals surface area contributed by atoms with Crippen LogP contribution in [0.2, 0.25) is 18.1 Å². The molecule has 0 saturated carbocycles. The molecule has 2 rings (SSSR count). The van der Waals surface area contributed by atoms with E-state index < -0.39 is 38.7 Å². The van der Waals surface area contributed by atoms with Crippen LogP contribution in [0.15, 0.2) is 60.9 Å². The van der Waals surface area contributed by atoms with Gasteiger partial charge in [0.15, 0.2) is 14.1 Å². The van der Waals surface area contributed by atoms with Crippen LogP contribution in [-0.2, 0) is 9.31 Å². The number of Topliss-reactive ketones (excluding diaryl/α,β-unsaturated/α-hetero) is 1. The SMILES string of the molecule is C[C@@H]([C@H](O[Si](C)(C)C(C)(C)C)[C@H](C)C(=O)c1ccccc1)[C@H](O)CC(O[O-])O[n+]1ccccc1. The summed E-state index contributed by atoms with van der Waals surface area (Å²) in [4.78, 5) is 23.1. The highest BCUT2D eigenvalue weighted by Crippen LogP contribution is 2.40. The van der Waals surface area contributed by atoms with Crippen LogP contribution in [0.5, 0.6) is 0 Å². The van der Waals surface area contributed by atoms with Gasteiger partial charge in [0.2, 0.25) is 12.4 Å². The molecule has 1 N–H and O–H groups in total. The molecule has 0 aliphatic heterocycles. The van der Waals surface area contributed by atoms with Crippen molar-refractivity contribution >= 4 is 14.1 Å². The maximum atomic E-state index is 13.3. The number of benzene rings is 1. The smallest absolute Gasteiger partial charge is 0.264 e. The summed E-state index contributed by atoms with van der Waals surface area (Å²) in [7, 11) is -2.29. The second-order valence-electron chi connectivity index (χ2n) is 10.4. The molecule has 1 unspecified atom stereocenters. The third-order valence-corrected chi connectivity index (χ3v) is 11.3. The Bertz CT molecular complexity index is 887. The van der Waals surface area contributed by atoms with Gasteiger partial charge in [0.05, 0.1) is 12.2 Å². The standard InChI is InChI=1S/C26H39NO6Si/c1-19(22(28)18-23(32-30)31-27-16-12-9-13-17-27)25(33-34(6,7)26(3,4)5)20(2)24(29)21-14-10-8-11-15-21/h8-17,19-20,22-23,25,28H,18H2,1-7H3/t19-,20-,22-,23?,25+/m1/s1. The summed E-state index contributed by atoms with van der Waals surface area (Å²) in [5.74, 6) is -1.01. The van der Waals surface area contributed by atoms with Gasteiger partial charge in [-0.25, -0.2) is 4.84 Å². The molecule has 34 heavy (non-hydrogen) atoms. The monoisotopic (exact) mass is 489 g/mol. The van der Waals surface area contributed by atoms with E-state index in [1.165, 1.54) is 4.73 Å². The van der Waals surface area contributed by atoms with Crippen LogP contribution in [0, 0.1) is 11.8 Å². The number of carbonyl (C=O) groups is 1. The highest BCUT2D eigenvalue weighted by molar-refractivity contribution is 6.74. The van der Waals surface area contributed by atoms with Gasteiger partial charge in [0.25, 0.3) is 6.29 Å². The molecule has 1 aromatic carbocycles. The van der Waals surface area contributed by atoms with Crippen LogP contribution in [0.4, 0.5) is 0 Å². The number of aromatic nitrogens is 1. The fourth-order valence-electron chi connectivity index (χ4n) is 3.52. The Balaban J connectivity index is 2.26. The third-order valence-electron chi connectivity index (χ3n) is 6.80. The summed E-state index contributed by atoms with van der Waals surface area (Å²) in [5.41, 5.74) is 0.602. The molecule has 0 spiro atoms. The third kappa shape index (κ3) is 7.45. The zero-order valence-electron chi connectivity index (χ0n) is 21.3. The van der Waals surface area contributed by atoms with Crippen molar-refractivity contribution in [1.82, 2.24) is 0 Å². The Morgan fingerprint density at radius 2 is 1.62 bits per heavy atom. The normalized spacial score (nSPS) is 16.9. The van der Waals surface area contributed by atoms with Crippen molar-refractivity contribution in [2.45, 2.75) is 77.7 Å². The number of hydrogen-bond donors (Lipinski definition) is 1. The van der Waals surface area contributed by atoms with Gasteiger partial charge in [-0.1, -0.05) is 71.0 Å². The Morgan fingerprint density at radius 1 is 1.06 bits per heavy atom. The topological polar surface area (TPSA) is 91.9 Å². The predicted molar refractivity (Wildman–Crippen MR) is 130 cm³/mol. The largest absolute Gasteiger partial charge is 0.720 e. The number of pyridine rings is 1. The second kappa shape index (κ2) is 12.0. The molecule has 1 heterocycles. The first-order valence-corrected chi connectivity index (χ1v) is 14.7. The molecule has 0 aliphatic rings. The Hall–Kier alpha value is -2.10. The van der Waals surface area contributed by atoms with Crippen LogP contribution in [-0.4, -0.2) is 37.7 Å². The van der Waals surface area contributed by atoms with Crippen LogP contribution in [0.3, 0.4) is 0 Å². The Morgan fingerprint density at radius 3 is 2.15 bits per heavy atom. The summed E-state index contributed by atoms with van der Waals surface area (Å²) in [6.45, 7) is 14.3. The lowest BCUT2D eigenvalue weighted by atomic mass is 9.84. The lowest BCUT2D eigenvalue weighted by Gasteiger charge is -2.43. The first kappa shape index (κ1) is 28.1. The summed E-state index contributed by atoms with van der Waals surface area (Å²) >= 11 is 0. The molecule has 0 amide bonds. The number of carbonyl (C=O) groups excluding carboxylic acids is 1. The summed E-state index contributed by atoms with van der Waals surface area (Å²) < 4.78 is 8.07. The summed E-state index contributed by atoms with van der Waals surface area (Å²) in [6, 6.07) is 14.4. The molecule has 0 radical (unpaired) electrons. The van der Waals surface area contributed by atoms with Crippen LogP contribution >= 0.6 is 0 Å². The number of rotatable bonds is 12. The van der Waals surface area contributed by atoms with Crippen molar-refractivity contribution in [3.8, 4) is 0 Å². The van der Waals surface area contributed by atoms with Gasteiger partial charge in [-0.05, 0) is 18.1 Å². The van der Waals surface area contributed by atoms with E-state index in [0.717, 1.165) is 0 Å². The lowest BCUT2D eigenvalue weighted by molar-refractivity contribution is -0.925. The molecule has 1 aromatic heterocycles. The summed E-state index contributed by atoms with van der Waals surface area (Å²) in [5, 5.41) is 22.3. The summed E-state index contributed by atoms with van der Waals surface area (Å²) in [6.07, 6.45) is 0.427. The number of nitrogens with zero attached hydrogens (tertiary/aromatic N) is 1. The molecule has 0 fully saturated rings. The first-order valence-electron chi connectivity index (χ1n) is 11.7. The molecule has 0 bridgehead atoms. The van der Waals surface area contributed by atoms with E-state index in [9.17, 15) is 15.2 Å². The van der Waals surface area contributed by atoms with E-state index in [2.05, 4.69) is 38.8 Å². The van der Waals surface area contributed by atoms with Crippen molar-refractivity contribution < 1.29 is 34.0 Å². The van der Waals surface area contributed by atoms with E-state index in [4.69, 9.17) is 9.26 Å². The Labute approximate surface area is 204 Å². The van der Waals surface area contributed by atoms with E-state index in [1.54, 1.807) is 36.7 Å². The van der Waals surface area contributed by atoms with Crippen molar-refractivity contribution in [2.24, 2.45) is 11.8 Å². The van der Waals surface area contributed by atoms with Crippen molar-refractivity contribution in [2.75, 3.05) is 0 Å². The molecule has 8 heteroatoms. The van der Waals surface area contributed by atoms with Gasteiger partial charge < -0.3 is 19.7 Å². The van der Waals surface area contributed by atoms with Gasteiger partial charge in [-0.15, -0.1) is 0 Å².